The average Bonchev–Trinajstić information content (AvgIpc) is 2.74. The van der Waals surface area contributed by atoms with Gasteiger partial charge in [0.1, 0.15) is 0 Å². The van der Waals surface area contributed by atoms with Gasteiger partial charge in [-0.05, 0) is 30.9 Å². The summed E-state index contributed by atoms with van der Waals surface area (Å²) in [5, 5.41) is 0. The Hall–Kier alpha value is -0.370. The standard InChI is InChI=1S/C14H20BrN/c1-11-6-7-14(16-10-11)9-13(15)8-12-4-2-3-5-12/h6-7,10,12-13H,2-5,8-9H2,1H3. The van der Waals surface area contributed by atoms with Crippen molar-refractivity contribution in [1.29, 1.82) is 0 Å². The zero-order valence-electron chi connectivity index (χ0n) is 9.95. The lowest BCUT2D eigenvalue weighted by Crippen LogP contribution is -2.09. The first-order valence-electron chi connectivity index (χ1n) is 6.29. The molecule has 0 saturated heterocycles. The molecule has 0 radical (unpaired) electrons. The molecule has 0 N–H and O–H groups in total. The topological polar surface area (TPSA) is 12.9 Å². The molecule has 1 fully saturated rings. The highest BCUT2D eigenvalue weighted by molar-refractivity contribution is 9.09. The summed E-state index contributed by atoms with van der Waals surface area (Å²) in [4.78, 5) is 5.07. The Morgan fingerprint density at radius 2 is 2.12 bits per heavy atom. The molecule has 1 aromatic rings. The molecule has 1 aromatic heterocycles. The Labute approximate surface area is 107 Å². The maximum absolute atomic E-state index is 4.46. The maximum Gasteiger partial charge on any atom is 0.0414 e. The third-order valence-electron chi connectivity index (χ3n) is 3.47. The number of aromatic nitrogens is 1. The summed E-state index contributed by atoms with van der Waals surface area (Å²) < 4.78 is 0. The zero-order chi connectivity index (χ0) is 11.4. The van der Waals surface area contributed by atoms with Crippen molar-refractivity contribution in [3.63, 3.8) is 0 Å². The molecule has 1 unspecified atom stereocenters. The molecule has 1 nitrogen and oxygen atoms in total. The van der Waals surface area contributed by atoms with Crippen LogP contribution in [-0.2, 0) is 6.42 Å². The number of alkyl halides is 1. The number of nitrogens with zero attached hydrogens (tertiary/aromatic N) is 1. The molecule has 1 aliphatic rings. The molecule has 0 spiro atoms. The van der Waals surface area contributed by atoms with E-state index in [-0.39, 0.29) is 0 Å². The number of aryl methyl sites for hydroxylation is 1. The van der Waals surface area contributed by atoms with Crippen LogP contribution in [0, 0.1) is 12.8 Å². The van der Waals surface area contributed by atoms with Crippen molar-refractivity contribution in [3.8, 4) is 0 Å². The first kappa shape index (κ1) is 12.1. The SMILES string of the molecule is Cc1ccc(CC(Br)CC2CCCC2)nc1. The summed E-state index contributed by atoms with van der Waals surface area (Å²) in [5.74, 6) is 0.954. The van der Waals surface area contributed by atoms with Gasteiger partial charge in [0.2, 0.25) is 0 Å². The highest BCUT2D eigenvalue weighted by Gasteiger charge is 2.18. The minimum Gasteiger partial charge on any atom is -0.261 e. The predicted octanol–water partition coefficient (Wildman–Crippen LogP) is 4.28. The van der Waals surface area contributed by atoms with Gasteiger partial charge in [0, 0.05) is 23.1 Å². The van der Waals surface area contributed by atoms with Crippen LogP contribution in [0.1, 0.15) is 43.4 Å². The molecule has 1 atom stereocenters. The number of hydrogen-bond donors (Lipinski definition) is 0. The fourth-order valence-corrected chi connectivity index (χ4v) is 3.40. The zero-order valence-corrected chi connectivity index (χ0v) is 11.5. The van der Waals surface area contributed by atoms with Gasteiger partial charge in [0.15, 0.2) is 0 Å². The van der Waals surface area contributed by atoms with Crippen molar-refractivity contribution in [2.24, 2.45) is 5.92 Å². The lowest BCUT2D eigenvalue weighted by atomic mass is 9.99. The molecular formula is C14H20BrN. The minimum absolute atomic E-state index is 0.603. The van der Waals surface area contributed by atoms with Crippen LogP contribution in [0.4, 0.5) is 0 Å². The third-order valence-corrected chi connectivity index (χ3v) is 4.16. The van der Waals surface area contributed by atoms with Crippen LogP contribution < -0.4 is 0 Å². The van der Waals surface area contributed by atoms with Crippen molar-refractivity contribution >= 4 is 15.9 Å². The quantitative estimate of drug-likeness (QED) is 0.751. The largest absolute Gasteiger partial charge is 0.261 e. The molecule has 16 heavy (non-hydrogen) atoms. The van der Waals surface area contributed by atoms with Crippen LogP contribution in [0.5, 0.6) is 0 Å². The molecule has 1 heterocycles. The van der Waals surface area contributed by atoms with Gasteiger partial charge in [0.25, 0.3) is 0 Å². The molecule has 88 valence electrons. The Morgan fingerprint density at radius 1 is 1.38 bits per heavy atom. The summed E-state index contributed by atoms with van der Waals surface area (Å²) in [6, 6.07) is 4.30. The van der Waals surface area contributed by atoms with E-state index in [2.05, 4.69) is 40.0 Å². The van der Waals surface area contributed by atoms with Gasteiger partial charge in [-0.2, -0.15) is 0 Å². The normalized spacial score (nSPS) is 18.9. The van der Waals surface area contributed by atoms with Gasteiger partial charge in [0.05, 0.1) is 0 Å². The Morgan fingerprint density at radius 3 is 2.75 bits per heavy atom. The van der Waals surface area contributed by atoms with Crippen LogP contribution in [-0.4, -0.2) is 9.81 Å². The predicted molar refractivity (Wildman–Crippen MR) is 72.0 cm³/mol. The van der Waals surface area contributed by atoms with E-state index in [4.69, 9.17) is 0 Å². The monoisotopic (exact) mass is 281 g/mol. The fourth-order valence-electron chi connectivity index (χ4n) is 2.54. The Bertz CT molecular complexity index is 314. The van der Waals surface area contributed by atoms with E-state index in [0.717, 1.165) is 12.3 Å². The van der Waals surface area contributed by atoms with E-state index in [0.29, 0.717) is 4.83 Å². The van der Waals surface area contributed by atoms with Crippen molar-refractivity contribution in [2.45, 2.75) is 50.3 Å². The molecule has 1 saturated carbocycles. The van der Waals surface area contributed by atoms with Gasteiger partial charge in [-0.3, -0.25) is 4.98 Å². The lowest BCUT2D eigenvalue weighted by Gasteiger charge is -2.14. The minimum atomic E-state index is 0.603. The molecule has 0 amide bonds. The van der Waals surface area contributed by atoms with Crippen LogP contribution in [0.2, 0.25) is 0 Å². The number of halogens is 1. The first-order chi connectivity index (χ1) is 7.74. The van der Waals surface area contributed by atoms with Crippen LogP contribution in [0.15, 0.2) is 18.3 Å². The van der Waals surface area contributed by atoms with Crippen molar-refractivity contribution in [2.75, 3.05) is 0 Å². The third kappa shape index (κ3) is 3.58. The second-order valence-electron chi connectivity index (χ2n) is 5.01. The van der Waals surface area contributed by atoms with E-state index in [9.17, 15) is 0 Å². The van der Waals surface area contributed by atoms with Crippen molar-refractivity contribution in [3.05, 3.63) is 29.6 Å². The second kappa shape index (κ2) is 5.81. The van der Waals surface area contributed by atoms with E-state index in [1.54, 1.807) is 0 Å². The highest BCUT2D eigenvalue weighted by Crippen LogP contribution is 2.31. The van der Waals surface area contributed by atoms with E-state index in [1.807, 2.05) is 6.20 Å². The van der Waals surface area contributed by atoms with Crippen molar-refractivity contribution < 1.29 is 0 Å². The summed E-state index contributed by atoms with van der Waals surface area (Å²) >= 11 is 3.80. The van der Waals surface area contributed by atoms with Gasteiger partial charge in [-0.1, -0.05) is 47.7 Å². The van der Waals surface area contributed by atoms with E-state index < -0.39 is 0 Å². The smallest absolute Gasteiger partial charge is 0.0414 e. The highest BCUT2D eigenvalue weighted by atomic mass is 79.9. The summed E-state index contributed by atoms with van der Waals surface area (Å²) in [5.41, 5.74) is 2.45. The number of hydrogen-bond acceptors (Lipinski definition) is 1. The molecule has 2 rings (SSSR count). The number of rotatable bonds is 4. The van der Waals surface area contributed by atoms with Crippen LogP contribution >= 0.6 is 15.9 Å². The van der Waals surface area contributed by atoms with E-state index >= 15 is 0 Å². The van der Waals surface area contributed by atoms with Gasteiger partial charge < -0.3 is 0 Å². The molecule has 1 aliphatic carbocycles. The van der Waals surface area contributed by atoms with Crippen LogP contribution in [0.3, 0.4) is 0 Å². The Kier molecular flexibility index (Phi) is 4.39. The van der Waals surface area contributed by atoms with Crippen LogP contribution in [0.25, 0.3) is 0 Å². The fraction of sp³-hybridized carbons (Fsp3) is 0.643. The van der Waals surface area contributed by atoms with Crippen molar-refractivity contribution in [1.82, 2.24) is 4.98 Å². The number of pyridine rings is 1. The average molecular weight is 282 g/mol. The molecular weight excluding hydrogens is 262 g/mol. The summed E-state index contributed by atoms with van der Waals surface area (Å²) in [7, 11) is 0. The van der Waals surface area contributed by atoms with Gasteiger partial charge in [-0.25, -0.2) is 0 Å². The molecule has 0 aliphatic heterocycles. The molecule has 0 bridgehead atoms. The first-order valence-corrected chi connectivity index (χ1v) is 7.21. The maximum atomic E-state index is 4.46. The van der Waals surface area contributed by atoms with E-state index in [1.165, 1.54) is 43.4 Å². The Balaban J connectivity index is 1.81. The summed E-state index contributed by atoms with van der Waals surface area (Å²) in [6.45, 7) is 2.08. The molecule has 0 aromatic carbocycles. The second-order valence-corrected chi connectivity index (χ2v) is 6.31. The van der Waals surface area contributed by atoms with Gasteiger partial charge in [-0.15, -0.1) is 0 Å². The molecule has 2 heteroatoms. The summed E-state index contributed by atoms with van der Waals surface area (Å²) in [6.07, 6.45) is 10.1. The lowest BCUT2D eigenvalue weighted by molar-refractivity contribution is 0.493. The van der Waals surface area contributed by atoms with Gasteiger partial charge >= 0.3 is 0 Å².